The van der Waals surface area contributed by atoms with Crippen molar-refractivity contribution < 1.29 is 17.9 Å². The van der Waals surface area contributed by atoms with Crippen LogP contribution in [0.1, 0.15) is 30.4 Å². The number of aryl methyl sites for hydroxylation is 1. The summed E-state index contributed by atoms with van der Waals surface area (Å²) in [6, 6.07) is 17.8. The maximum atomic E-state index is 12.5. The predicted molar refractivity (Wildman–Crippen MR) is 110 cm³/mol. The molecule has 0 bridgehead atoms. The Balaban J connectivity index is 1.47. The molecule has 150 valence electrons. The molecule has 0 atom stereocenters. The summed E-state index contributed by atoms with van der Waals surface area (Å²) >= 11 is 0. The highest BCUT2D eigenvalue weighted by atomic mass is 32.2. The van der Waals surface area contributed by atoms with Gasteiger partial charge in [-0.2, -0.15) is 0 Å². The van der Waals surface area contributed by atoms with Crippen LogP contribution in [0.5, 0.6) is 5.75 Å². The summed E-state index contributed by atoms with van der Waals surface area (Å²) in [4.78, 5) is 14.3. The van der Waals surface area contributed by atoms with Gasteiger partial charge < -0.3 is 9.64 Å². The lowest BCUT2D eigenvalue weighted by atomic mass is 10.1. The lowest BCUT2D eigenvalue weighted by Gasteiger charge is -2.31. The van der Waals surface area contributed by atoms with Crippen LogP contribution in [0.2, 0.25) is 0 Å². The lowest BCUT2D eigenvalue weighted by Crippen LogP contribution is -2.42. The first-order chi connectivity index (χ1) is 13.4. The van der Waals surface area contributed by atoms with Crippen molar-refractivity contribution in [2.24, 2.45) is 0 Å². The van der Waals surface area contributed by atoms with E-state index in [-0.39, 0.29) is 11.2 Å². The van der Waals surface area contributed by atoms with E-state index < -0.39 is 9.84 Å². The van der Waals surface area contributed by atoms with Crippen molar-refractivity contribution in [1.29, 1.82) is 0 Å². The van der Waals surface area contributed by atoms with Gasteiger partial charge in [-0.15, -0.1) is 0 Å². The van der Waals surface area contributed by atoms with Crippen LogP contribution < -0.4 is 4.74 Å². The maximum absolute atomic E-state index is 12.5. The monoisotopic (exact) mass is 401 g/mol. The topological polar surface area (TPSA) is 63.7 Å². The van der Waals surface area contributed by atoms with E-state index in [1.54, 1.807) is 4.90 Å². The summed E-state index contributed by atoms with van der Waals surface area (Å²) < 4.78 is 29.1. The van der Waals surface area contributed by atoms with Crippen molar-refractivity contribution in [2.45, 2.75) is 37.5 Å². The number of rotatable bonds is 7. The van der Waals surface area contributed by atoms with Gasteiger partial charge in [-0.1, -0.05) is 42.5 Å². The van der Waals surface area contributed by atoms with Crippen LogP contribution in [0.4, 0.5) is 0 Å². The van der Waals surface area contributed by atoms with Crippen LogP contribution in [0.25, 0.3) is 0 Å². The van der Waals surface area contributed by atoms with Gasteiger partial charge >= 0.3 is 0 Å². The molecule has 0 saturated carbocycles. The van der Waals surface area contributed by atoms with Crippen LogP contribution in [0.3, 0.4) is 0 Å². The SMILES string of the molecule is CS(=O)(=O)C1CCN(C(=O)CCc2cccc(OCc3ccccc3)c2)CC1. The number of piperidine rings is 1. The normalized spacial score (nSPS) is 15.4. The molecule has 1 heterocycles. The second kappa shape index (κ2) is 9.24. The van der Waals surface area contributed by atoms with E-state index in [1.807, 2.05) is 54.6 Å². The van der Waals surface area contributed by atoms with Crippen molar-refractivity contribution in [3.8, 4) is 5.75 Å². The van der Waals surface area contributed by atoms with Gasteiger partial charge in [-0.25, -0.2) is 8.42 Å². The molecule has 2 aromatic carbocycles. The molecular weight excluding hydrogens is 374 g/mol. The average molecular weight is 402 g/mol. The van der Waals surface area contributed by atoms with Crippen LogP contribution in [0, 0.1) is 0 Å². The number of sulfone groups is 1. The molecule has 3 rings (SSSR count). The van der Waals surface area contributed by atoms with Gasteiger partial charge in [-0.05, 0) is 42.5 Å². The number of ether oxygens (including phenoxy) is 1. The first-order valence-corrected chi connectivity index (χ1v) is 11.6. The number of hydrogen-bond donors (Lipinski definition) is 0. The van der Waals surface area contributed by atoms with Crippen LogP contribution in [-0.2, 0) is 27.7 Å². The van der Waals surface area contributed by atoms with E-state index in [0.717, 1.165) is 16.9 Å². The van der Waals surface area contributed by atoms with E-state index in [2.05, 4.69) is 0 Å². The second-order valence-corrected chi connectivity index (χ2v) is 9.66. The largest absolute Gasteiger partial charge is 0.489 e. The number of nitrogens with zero attached hydrogens (tertiary/aromatic N) is 1. The zero-order valence-corrected chi connectivity index (χ0v) is 17.0. The Kier molecular flexibility index (Phi) is 6.73. The quantitative estimate of drug-likeness (QED) is 0.715. The summed E-state index contributed by atoms with van der Waals surface area (Å²) in [6.45, 7) is 1.56. The van der Waals surface area contributed by atoms with E-state index >= 15 is 0 Å². The summed E-state index contributed by atoms with van der Waals surface area (Å²) in [5.41, 5.74) is 2.17. The molecule has 1 saturated heterocycles. The molecule has 2 aromatic rings. The summed E-state index contributed by atoms with van der Waals surface area (Å²) in [5, 5.41) is -0.310. The summed E-state index contributed by atoms with van der Waals surface area (Å²) in [7, 11) is -3.01. The predicted octanol–water partition coefficient (Wildman–Crippen LogP) is 3.23. The fourth-order valence-corrected chi connectivity index (χ4v) is 4.54. The Labute approximate surface area is 167 Å². The number of benzene rings is 2. The molecule has 0 spiro atoms. The third-order valence-electron chi connectivity index (χ3n) is 5.17. The first-order valence-electron chi connectivity index (χ1n) is 9.64. The molecule has 0 radical (unpaired) electrons. The van der Waals surface area contributed by atoms with Gasteiger partial charge in [0.25, 0.3) is 0 Å². The van der Waals surface area contributed by atoms with Gasteiger partial charge in [-0.3, -0.25) is 4.79 Å². The molecule has 0 N–H and O–H groups in total. The highest BCUT2D eigenvalue weighted by Gasteiger charge is 2.28. The molecule has 5 nitrogen and oxygen atoms in total. The van der Waals surface area contributed by atoms with Gasteiger partial charge in [0, 0.05) is 25.8 Å². The van der Waals surface area contributed by atoms with E-state index in [1.165, 1.54) is 6.26 Å². The van der Waals surface area contributed by atoms with Gasteiger partial charge in [0.1, 0.15) is 22.2 Å². The molecule has 1 amide bonds. The summed E-state index contributed by atoms with van der Waals surface area (Å²) in [5.74, 6) is 0.880. The summed E-state index contributed by atoms with van der Waals surface area (Å²) in [6.07, 6.45) is 3.42. The minimum absolute atomic E-state index is 0.0857. The molecule has 0 aromatic heterocycles. The van der Waals surface area contributed by atoms with Crippen LogP contribution in [0.15, 0.2) is 54.6 Å². The molecule has 28 heavy (non-hydrogen) atoms. The molecule has 1 aliphatic heterocycles. The molecule has 6 heteroatoms. The number of hydrogen-bond acceptors (Lipinski definition) is 4. The first kappa shape index (κ1) is 20.4. The molecule has 0 aliphatic carbocycles. The fraction of sp³-hybridized carbons (Fsp3) is 0.409. The van der Waals surface area contributed by atoms with E-state index in [0.29, 0.717) is 45.4 Å². The third-order valence-corrected chi connectivity index (χ3v) is 6.86. The fourth-order valence-electron chi connectivity index (χ4n) is 3.47. The van der Waals surface area contributed by atoms with Crippen molar-refractivity contribution in [3.05, 3.63) is 65.7 Å². The molecule has 0 unspecified atom stereocenters. The number of carbonyl (C=O) groups is 1. The zero-order valence-electron chi connectivity index (χ0n) is 16.2. The Hall–Kier alpha value is -2.34. The van der Waals surface area contributed by atoms with Gasteiger partial charge in [0.05, 0.1) is 5.25 Å². The average Bonchev–Trinajstić information content (AvgIpc) is 2.71. The standard InChI is InChI=1S/C22H27NO4S/c1-28(25,26)21-12-14-23(15-13-21)22(24)11-10-18-8-5-9-20(16-18)27-17-19-6-3-2-4-7-19/h2-9,16,21H,10-15,17H2,1H3. The van der Waals surface area contributed by atoms with E-state index in [9.17, 15) is 13.2 Å². The van der Waals surface area contributed by atoms with Gasteiger partial charge in [0.15, 0.2) is 0 Å². The highest BCUT2D eigenvalue weighted by molar-refractivity contribution is 7.91. The Morgan fingerprint density at radius 3 is 2.39 bits per heavy atom. The number of carbonyl (C=O) groups excluding carboxylic acids is 1. The van der Waals surface area contributed by atoms with Crippen molar-refractivity contribution in [2.75, 3.05) is 19.3 Å². The Bertz CT molecular complexity index is 888. The third kappa shape index (κ3) is 5.83. The van der Waals surface area contributed by atoms with Crippen molar-refractivity contribution in [3.63, 3.8) is 0 Å². The minimum atomic E-state index is -3.01. The molecule has 1 aliphatic rings. The second-order valence-electron chi connectivity index (χ2n) is 7.33. The Morgan fingerprint density at radius 2 is 1.71 bits per heavy atom. The minimum Gasteiger partial charge on any atom is -0.489 e. The molecule has 1 fully saturated rings. The lowest BCUT2D eigenvalue weighted by molar-refractivity contribution is -0.132. The van der Waals surface area contributed by atoms with Crippen LogP contribution in [-0.4, -0.2) is 43.8 Å². The van der Waals surface area contributed by atoms with E-state index in [4.69, 9.17) is 4.74 Å². The zero-order chi connectivity index (χ0) is 20.0. The maximum Gasteiger partial charge on any atom is 0.222 e. The van der Waals surface area contributed by atoms with Crippen molar-refractivity contribution >= 4 is 15.7 Å². The van der Waals surface area contributed by atoms with Crippen molar-refractivity contribution in [1.82, 2.24) is 4.90 Å². The molecular formula is C22H27NO4S. The number of likely N-dealkylation sites (tertiary alicyclic amines) is 1. The number of amides is 1. The van der Waals surface area contributed by atoms with Gasteiger partial charge in [0.2, 0.25) is 5.91 Å². The smallest absolute Gasteiger partial charge is 0.222 e. The Morgan fingerprint density at radius 1 is 1.04 bits per heavy atom. The highest BCUT2D eigenvalue weighted by Crippen LogP contribution is 2.20. The van der Waals surface area contributed by atoms with Crippen LogP contribution >= 0.6 is 0 Å².